The van der Waals surface area contributed by atoms with Gasteiger partial charge < -0.3 is 5.73 Å². The van der Waals surface area contributed by atoms with E-state index in [0.29, 0.717) is 18.4 Å². The third-order valence-electron chi connectivity index (χ3n) is 2.44. The van der Waals surface area contributed by atoms with E-state index in [-0.39, 0.29) is 11.5 Å². The molecule has 2 aromatic rings. The second-order valence-electron chi connectivity index (χ2n) is 3.74. The molecule has 17 heavy (non-hydrogen) atoms. The molecule has 0 amide bonds. The van der Waals surface area contributed by atoms with Crippen molar-refractivity contribution in [1.82, 2.24) is 4.98 Å². The van der Waals surface area contributed by atoms with Gasteiger partial charge in [-0.15, -0.1) is 0 Å². The molecule has 1 heterocycles. The Labute approximate surface area is 98.1 Å². The van der Waals surface area contributed by atoms with Crippen LogP contribution in [0.25, 0.3) is 0 Å². The molecular weight excluding hydrogens is 219 g/mol. The van der Waals surface area contributed by atoms with Gasteiger partial charge in [-0.05, 0) is 35.7 Å². The minimum Gasteiger partial charge on any atom is -0.397 e. The van der Waals surface area contributed by atoms with Gasteiger partial charge in [-0.1, -0.05) is 12.1 Å². The summed E-state index contributed by atoms with van der Waals surface area (Å²) in [6, 6.07) is 7.94. The highest BCUT2D eigenvalue weighted by Gasteiger charge is 2.02. The average molecular weight is 230 g/mol. The van der Waals surface area contributed by atoms with Gasteiger partial charge >= 0.3 is 0 Å². The molecule has 0 aliphatic heterocycles. The molecule has 0 saturated heterocycles. The van der Waals surface area contributed by atoms with Crippen LogP contribution >= 0.6 is 0 Å². The Kier molecular flexibility index (Phi) is 3.14. The maximum absolute atomic E-state index is 12.7. The molecule has 3 nitrogen and oxygen atoms in total. The van der Waals surface area contributed by atoms with Gasteiger partial charge in [-0.3, -0.25) is 9.78 Å². The highest BCUT2D eigenvalue weighted by Crippen LogP contribution is 2.14. The van der Waals surface area contributed by atoms with E-state index in [9.17, 15) is 9.18 Å². The van der Waals surface area contributed by atoms with E-state index >= 15 is 0 Å². The summed E-state index contributed by atoms with van der Waals surface area (Å²) in [7, 11) is 0. The largest absolute Gasteiger partial charge is 0.397 e. The maximum atomic E-state index is 12.7. The van der Waals surface area contributed by atoms with Gasteiger partial charge in [-0.2, -0.15) is 0 Å². The van der Waals surface area contributed by atoms with Crippen LogP contribution in [0.5, 0.6) is 0 Å². The van der Waals surface area contributed by atoms with Crippen molar-refractivity contribution in [2.24, 2.45) is 0 Å². The lowest BCUT2D eigenvalue weighted by Crippen LogP contribution is -1.99. The molecule has 0 bridgehead atoms. The molecule has 2 rings (SSSR count). The topological polar surface area (TPSA) is 56.0 Å². The third-order valence-corrected chi connectivity index (χ3v) is 2.44. The van der Waals surface area contributed by atoms with Crippen molar-refractivity contribution in [3.05, 3.63) is 59.2 Å². The number of halogens is 1. The van der Waals surface area contributed by atoms with Crippen molar-refractivity contribution < 1.29 is 9.18 Å². The van der Waals surface area contributed by atoms with Crippen LogP contribution in [-0.4, -0.2) is 11.3 Å². The Morgan fingerprint density at radius 2 is 1.94 bits per heavy atom. The standard InChI is InChI=1S/C13H11FN2O/c14-11-3-1-9(2-4-11)5-10-6-12(15)13(8-17)16-7-10/h1-4,6-8H,5,15H2. The quantitative estimate of drug-likeness (QED) is 0.822. The molecule has 1 aromatic carbocycles. The van der Waals surface area contributed by atoms with Crippen LogP contribution < -0.4 is 5.73 Å². The number of nitrogens with two attached hydrogens (primary N) is 1. The second kappa shape index (κ2) is 4.74. The first-order valence-electron chi connectivity index (χ1n) is 5.13. The molecular formula is C13H11FN2O. The summed E-state index contributed by atoms with van der Waals surface area (Å²) >= 11 is 0. The first-order valence-corrected chi connectivity index (χ1v) is 5.13. The SMILES string of the molecule is Nc1cc(Cc2ccc(F)cc2)cnc1C=O. The predicted molar refractivity (Wildman–Crippen MR) is 63.2 cm³/mol. The van der Waals surface area contributed by atoms with E-state index < -0.39 is 0 Å². The minimum atomic E-state index is -0.261. The molecule has 0 aliphatic rings. The summed E-state index contributed by atoms with van der Waals surface area (Å²) < 4.78 is 12.7. The van der Waals surface area contributed by atoms with Crippen molar-refractivity contribution in [3.63, 3.8) is 0 Å². The molecule has 86 valence electrons. The Hall–Kier alpha value is -2.23. The zero-order chi connectivity index (χ0) is 12.3. The van der Waals surface area contributed by atoms with Gasteiger partial charge in [0.1, 0.15) is 11.5 Å². The Bertz CT molecular complexity index is 538. The van der Waals surface area contributed by atoms with Gasteiger partial charge in [-0.25, -0.2) is 4.39 Å². The smallest absolute Gasteiger partial charge is 0.170 e. The van der Waals surface area contributed by atoms with E-state index in [1.54, 1.807) is 24.4 Å². The normalized spacial score (nSPS) is 10.2. The number of pyridine rings is 1. The number of aromatic nitrogens is 1. The van der Waals surface area contributed by atoms with Crippen LogP contribution in [0.3, 0.4) is 0 Å². The fraction of sp³-hybridized carbons (Fsp3) is 0.0769. The van der Waals surface area contributed by atoms with Crippen LogP contribution in [-0.2, 0) is 6.42 Å². The first-order chi connectivity index (χ1) is 8.19. The number of rotatable bonds is 3. The third kappa shape index (κ3) is 2.66. The number of nitrogen functional groups attached to an aromatic ring is 1. The number of carbonyl (C=O) groups excluding carboxylic acids is 1. The summed E-state index contributed by atoms with van der Waals surface area (Å²) in [4.78, 5) is 14.5. The van der Waals surface area contributed by atoms with Crippen LogP contribution in [0.15, 0.2) is 36.5 Å². The Morgan fingerprint density at radius 1 is 1.24 bits per heavy atom. The van der Waals surface area contributed by atoms with Crippen LogP contribution in [0.1, 0.15) is 21.6 Å². The summed E-state index contributed by atoms with van der Waals surface area (Å²) in [5.74, 6) is -0.261. The fourth-order valence-electron chi connectivity index (χ4n) is 1.57. The molecule has 0 radical (unpaired) electrons. The van der Waals surface area contributed by atoms with E-state index in [4.69, 9.17) is 5.73 Å². The van der Waals surface area contributed by atoms with Crippen LogP contribution in [0.2, 0.25) is 0 Å². The summed E-state index contributed by atoms with van der Waals surface area (Å²) in [6.45, 7) is 0. The van der Waals surface area contributed by atoms with Crippen LogP contribution in [0, 0.1) is 5.82 Å². The molecule has 0 spiro atoms. The highest BCUT2D eigenvalue weighted by molar-refractivity contribution is 5.80. The first kappa shape index (κ1) is 11.3. The van der Waals surface area contributed by atoms with Gasteiger partial charge in [0.25, 0.3) is 0 Å². The molecule has 0 unspecified atom stereocenters. The van der Waals surface area contributed by atoms with Crippen molar-refractivity contribution in [2.75, 3.05) is 5.73 Å². The number of benzene rings is 1. The number of hydrogen-bond acceptors (Lipinski definition) is 3. The van der Waals surface area contributed by atoms with Gasteiger partial charge in [0.15, 0.2) is 6.29 Å². The Morgan fingerprint density at radius 3 is 2.53 bits per heavy atom. The number of nitrogens with zero attached hydrogens (tertiary/aromatic N) is 1. The van der Waals surface area contributed by atoms with Gasteiger partial charge in [0, 0.05) is 6.20 Å². The monoisotopic (exact) mass is 230 g/mol. The number of anilines is 1. The Balaban J connectivity index is 2.21. The highest BCUT2D eigenvalue weighted by atomic mass is 19.1. The van der Waals surface area contributed by atoms with Crippen molar-refractivity contribution >= 4 is 12.0 Å². The molecule has 1 aromatic heterocycles. The molecule has 0 aliphatic carbocycles. The fourth-order valence-corrected chi connectivity index (χ4v) is 1.57. The molecule has 2 N–H and O–H groups in total. The number of carbonyl (C=O) groups is 1. The lowest BCUT2D eigenvalue weighted by atomic mass is 10.1. The zero-order valence-corrected chi connectivity index (χ0v) is 9.06. The summed E-state index contributed by atoms with van der Waals surface area (Å²) in [5.41, 5.74) is 8.11. The zero-order valence-electron chi connectivity index (χ0n) is 9.06. The van der Waals surface area contributed by atoms with E-state index in [1.165, 1.54) is 12.1 Å². The molecule has 0 atom stereocenters. The minimum absolute atomic E-state index is 0.243. The summed E-state index contributed by atoms with van der Waals surface area (Å²) in [5, 5.41) is 0. The summed E-state index contributed by atoms with van der Waals surface area (Å²) in [6.07, 6.45) is 2.83. The van der Waals surface area contributed by atoms with Gasteiger partial charge in [0.2, 0.25) is 0 Å². The lowest BCUT2D eigenvalue weighted by Gasteiger charge is -2.04. The number of aldehydes is 1. The van der Waals surface area contributed by atoms with Gasteiger partial charge in [0.05, 0.1) is 5.69 Å². The number of hydrogen-bond donors (Lipinski definition) is 1. The molecule has 0 saturated carbocycles. The second-order valence-corrected chi connectivity index (χ2v) is 3.74. The van der Waals surface area contributed by atoms with E-state index in [1.807, 2.05) is 0 Å². The molecule has 4 heteroatoms. The van der Waals surface area contributed by atoms with Crippen LogP contribution in [0.4, 0.5) is 10.1 Å². The predicted octanol–water partition coefficient (Wildman–Crippen LogP) is 2.21. The van der Waals surface area contributed by atoms with Crippen molar-refractivity contribution in [2.45, 2.75) is 6.42 Å². The average Bonchev–Trinajstić information content (AvgIpc) is 2.32. The van der Waals surface area contributed by atoms with Crippen molar-refractivity contribution in [3.8, 4) is 0 Å². The maximum Gasteiger partial charge on any atom is 0.170 e. The van der Waals surface area contributed by atoms with E-state index in [0.717, 1.165) is 11.1 Å². The van der Waals surface area contributed by atoms with E-state index in [2.05, 4.69) is 4.98 Å². The molecule has 0 fully saturated rings. The lowest BCUT2D eigenvalue weighted by molar-refractivity contribution is 0.112. The van der Waals surface area contributed by atoms with Crippen molar-refractivity contribution in [1.29, 1.82) is 0 Å².